The van der Waals surface area contributed by atoms with Crippen molar-refractivity contribution in [1.82, 2.24) is 15.3 Å². The summed E-state index contributed by atoms with van der Waals surface area (Å²) in [4.78, 5) is 35.4. The average molecular weight is 540 g/mol. The van der Waals surface area contributed by atoms with Crippen LogP contribution in [0.3, 0.4) is 0 Å². The number of esters is 1. The monoisotopic (exact) mass is 539 g/mol. The number of nitrogens with zero attached hydrogens (tertiary/aromatic N) is 3. The summed E-state index contributed by atoms with van der Waals surface area (Å²) >= 11 is 5.80. The van der Waals surface area contributed by atoms with E-state index in [2.05, 4.69) is 44.5 Å². The number of hydrogen-bond acceptors (Lipinski definition) is 9. The molecule has 12 heteroatoms. The van der Waals surface area contributed by atoms with Crippen LogP contribution in [0, 0.1) is 0 Å². The first kappa shape index (κ1) is 28.2. The normalized spacial score (nSPS) is 11.2. The minimum Gasteiger partial charge on any atom is -0.482 e. The summed E-state index contributed by atoms with van der Waals surface area (Å²) in [6.07, 6.45) is 2.54. The third-order valence-electron chi connectivity index (χ3n) is 5.32. The van der Waals surface area contributed by atoms with Crippen LogP contribution in [0.15, 0.2) is 53.5 Å². The van der Waals surface area contributed by atoms with Crippen LogP contribution in [0.25, 0.3) is 11.1 Å². The van der Waals surface area contributed by atoms with E-state index in [0.29, 0.717) is 18.9 Å². The maximum absolute atomic E-state index is 12.3. The number of unbranched alkanes of at least 4 members (excludes halogenated alkanes) is 1. The second kappa shape index (κ2) is 13.8. The maximum atomic E-state index is 12.3. The first-order valence-electron chi connectivity index (χ1n) is 11.9. The number of aliphatic imine (C=N–C) groups is 1. The van der Waals surface area contributed by atoms with Crippen LogP contribution < -0.4 is 27.3 Å². The van der Waals surface area contributed by atoms with E-state index in [1.165, 1.54) is 5.56 Å². The predicted octanol–water partition coefficient (Wildman–Crippen LogP) is 2.97. The summed E-state index contributed by atoms with van der Waals surface area (Å²) < 4.78 is 10.3. The molecule has 0 aliphatic heterocycles. The van der Waals surface area contributed by atoms with Crippen molar-refractivity contribution in [2.75, 3.05) is 31.2 Å². The molecule has 0 fully saturated rings. The fourth-order valence-corrected chi connectivity index (χ4v) is 3.54. The summed E-state index contributed by atoms with van der Waals surface area (Å²) in [6.45, 7) is 2.41. The number of rotatable bonds is 11. The van der Waals surface area contributed by atoms with Crippen molar-refractivity contribution < 1.29 is 19.1 Å². The minimum absolute atomic E-state index is 0.0502. The van der Waals surface area contributed by atoms with Gasteiger partial charge in [0.25, 0.3) is 5.91 Å². The summed E-state index contributed by atoms with van der Waals surface area (Å²) in [7, 11) is 0. The second-order valence-corrected chi connectivity index (χ2v) is 8.48. The van der Waals surface area contributed by atoms with Gasteiger partial charge in [0.1, 0.15) is 5.75 Å². The lowest BCUT2D eigenvalue weighted by Gasteiger charge is -2.08. The van der Waals surface area contributed by atoms with Crippen molar-refractivity contribution in [3.63, 3.8) is 0 Å². The SMILES string of the molecule is CCOC(=O)COc1ccc(-c2ccc(CCCCN=C(N)NC(=O)c3nc(Cl)c(N)nc3N)cc2)cc1. The van der Waals surface area contributed by atoms with Crippen molar-refractivity contribution in [3.05, 3.63) is 64.9 Å². The van der Waals surface area contributed by atoms with E-state index in [0.717, 1.165) is 30.4 Å². The molecular weight excluding hydrogens is 510 g/mol. The number of amides is 1. The number of hydrogen-bond donors (Lipinski definition) is 4. The van der Waals surface area contributed by atoms with E-state index < -0.39 is 11.9 Å². The summed E-state index contributed by atoms with van der Waals surface area (Å²) in [5.74, 6) is -0.725. The van der Waals surface area contributed by atoms with Gasteiger partial charge < -0.3 is 26.7 Å². The predicted molar refractivity (Wildman–Crippen MR) is 147 cm³/mol. The molecule has 0 spiro atoms. The van der Waals surface area contributed by atoms with Crippen LogP contribution in [-0.4, -0.2) is 47.6 Å². The topological polar surface area (TPSA) is 181 Å². The Kier molecular flexibility index (Phi) is 10.2. The fraction of sp³-hybridized carbons (Fsp3) is 0.269. The smallest absolute Gasteiger partial charge is 0.344 e. The molecular formula is C26H30ClN7O4. The van der Waals surface area contributed by atoms with Gasteiger partial charge in [-0.3, -0.25) is 15.1 Å². The van der Waals surface area contributed by atoms with Crippen LogP contribution in [-0.2, 0) is 16.0 Å². The Morgan fingerprint density at radius 3 is 2.29 bits per heavy atom. The zero-order chi connectivity index (χ0) is 27.5. The van der Waals surface area contributed by atoms with Gasteiger partial charge in [0.05, 0.1) is 6.61 Å². The van der Waals surface area contributed by atoms with Crippen LogP contribution in [0.2, 0.25) is 5.15 Å². The third-order valence-corrected chi connectivity index (χ3v) is 5.60. The molecule has 0 radical (unpaired) electrons. The molecule has 0 aliphatic carbocycles. The van der Waals surface area contributed by atoms with E-state index in [1.807, 2.05) is 24.3 Å². The number of aryl methyl sites for hydroxylation is 1. The summed E-state index contributed by atoms with van der Waals surface area (Å²) in [5, 5.41) is 2.29. The van der Waals surface area contributed by atoms with Crippen LogP contribution in [0.5, 0.6) is 5.75 Å². The highest BCUT2D eigenvalue weighted by Crippen LogP contribution is 2.23. The number of carbonyl (C=O) groups is 2. The molecule has 0 unspecified atom stereocenters. The zero-order valence-electron chi connectivity index (χ0n) is 20.9. The third kappa shape index (κ3) is 8.34. The largest absolute Gasteiger partial charge is 0.482 e. The second-order valence-electron chi connectivity index (χ2n) is 8.13. The molecule has 0 atom stereocenters. The van der Waals surface area contributed by atoms with Gasteiger partial charge >= 0.3 is 5.97 Å². The van der Waals surface area contributed by atoms with Crippen LogP contribution in [0.4, 0.5) is 11.6 Å². The quantitative estimate of drug-likeness (QED) is 0.123. The lowest BCUT2D eigenvalue weighted by Crippen LogP contribution is -2.38. The number of anilines is 2. The van der Waals surface area contributed by atoms with E-state index in [9.17, 15) is 9.59 Å². The minimum atomic E-state index is -0.669. The van der Waals surface area contributed by atoms with Gasteiger partial charge in [-0.1, -0.05) is 48.0 Å². The summed E-state index contributed by atoms with van der Waals surface area (Å²) in [6, 6.07) is 15.8. The Morgan fingerprint density at radius 1 is 0.974 bits per heavy atom. The number of nitrogen functional groups attached to an aromatic ring is 2. The first-order valence-corrected chi connectivity index (χ1v) is 12.3. The first-order chi connectivity index (χ1) is 18.3. The molecule has 7 N–H and O–H groups in total. The number of nitrogens with two attached hydrogens (primary N) is 3. The van der Waals surface area contributed by atoms with E-state index in [1.54, 1.807) is 6.92 Å². The van der Waals surface area contributed by atoms with Gasteiger partial charge in [0, 0.05) is 6.54 Å². The van der Waals surface area contributed by atoms with Gasteiger partial charge in [-0.15, -0.1) is 0 Å². The van der Waals surface area contributed by atoms with Crippen molar-refractivity contribution in [2.45, 2.75) is 26.2 Å². The highest BCUT2D eigenvalue weighted by molar-refractivity contribution is 6.31. The van der Waals surface area contributed by atoms with Crippen LogP contribution in [0.1, 0.15) is 35.8 Å². The lowest BCUT2D eigenvalue weighted by atomic mass is 10.0. The molecule has 0 aliphatic rings. The van der Waals surface area contributed by atoms with Gasteiger partial charge in [0.15, 0.2) is 35.0 Å². The fourth-order valence-electron chi connectivity index (χ4n) is 3.42. The Hall–Kier alpha value is -4.38. The molecule has 1 aromatic heterocycles. The average Bonchev–Trinajstić information content (AvgIpc) is 2.90. The molecule has 11 nitrogen and oxygen atoms in total. The Bertz CT molecular complexity index is 1280. The molecule has 38 heavy (non-hydrogen) atoms. The molecule has 1 amide bonds. The Balaban J connectivity index is 1.41. The standard InChI is InChI=1S/C26H30ClN7O4/c1-2-37-20(35)15-38-19-12-10-18(11-13-19)17-8-6-16(7-9-17)5-3-4-14-31-26(30)34-25(36)21-23(28)33-24(29)22(27)32-21/h6-13H,2-5,14-15H2,1H3,(H4,28,29,33)(H3,30,31,34,36). The summed E-state index contributed by atoms with van der Waals surface area (Å²) in [5.41, 5.74) is 20.1. The molecule has 0 saturated heterocycles. The highest BCUT2D eigenvalue weighted by Gasteiger charge is 2.16. The van der Waals surface area contributed by atoms with E-state index >= 15 is 0 Å². The number of halogens is 1. The molecule has 1 heterocycles. The van der Waals surface area contributed by atoms with Gasteiger partial charge in [0.2, 0.25) is 0 Å². The molecule has 2 aromatic carbocycles. The highest BCUT2D eigenvalue weighted by atomic mass is 35.5. The van der Waals surface area contributed by atoms with E-state index in [-0.39, 0.29) is 35.0 Å². The molecule has 200 valence electrons. The van der Waals surface area contributed by atoms with Crippen molar-refractivity contribution >= 4 is 41.1 Å². The van der Waals surface area contributed by atoms with Crippen molar-refractivity contribution in [1.29, 1.82) is 0 Å². The Morgan fingerprint density at radius 2 is 1.63 bits per heavy atom. The van der Waals surface area contributed by atoms with E-state index in [4.69, 9.17) is 38.3 Å². The van der Waals surface area contributed by atoms with Crippen molar-refractivity contribution in [3.8, 4) is 16.9 Å². The maximum Gasteiger partial charge on any atom is 0.344 e. The Labute approximate surface area is 225 Å². The van der Waals surface area contributed by atoms with Gasteiger partial charge in [-0.05, 0) is 55.0 Å². The number of carbonyl (C=O) groups excluding carboxylic acids is 2. The number of nitrogens with one attached hydrogen (secondary N) is 1. The molecule has 0 saturated carbocycles. The lowest BCUT2D eigenvalue weighted by molar-refractivity contribution is -0.145. The number of ether oxygens (including phenoxy) is 2. The van der Waals surface area contributed by atoms with Crippen LogP contribution >= 0.6 is 11.6 Å². The number of aromatic nitrogens is 2. The van der Waals surface area contributed by atoms with Gasteiger partial charge in [-0.2, -0.15) is 0 Å². The van der Waals surface area contributed by atoms with Gasteiger partial charge in [-0.25, -0.2) is 14.8 Å². The number of guanidine groups is 1. The zero-order valence-corrected chi connectivity index (χ0v) is 21.7. The molecule has 3 rings (SSSR count). The molecule has 0 bridgehead atoms. The van der Waals surface area contributed by atoms with Crippen molar-refractivity contribution in [2.24, 2.45) is 10.7 Å². The molecule has 3 aromatic rings. The number of benzene rings is 2.